The summed E-state index contributed by atoms with van der Waals surface area (Å²) in [6.45, 7) is 9.13. The van der Waals surface area contributed by atoms with E-state index in [2.05, 4.69) is 4.98 Å². The smallest absolute Gasteiger partial charge is 0.493 e. The Morgan fingerprint density at radius 2 is 1.57 bits per heavy atom. The molecule has 3 rings (SSSR count). The van der Waals surface area contributed by atoms with Crippen molar-refractivity contribution >= 4 is 24.0 Å². The van der Waals surface area contributed by atoms with Gasteiger partial charge in [-0.15, -0.1) is 0 Å². The summed E-state index contributed by atoms with van der Waals surface area (Å²) in [4.78, 5) is 15.3. The first-order chi connectivity index (χ1) is 13.0. The Morgan fingerprint density at radius 3 is 2.07 bits per heavy atom. The van der Waals surface area contributed by atoms with Crippen molar-refractivity contribution in [1.29, 1.82) is 0 Å². The highest BCUT2D eigenvalue weighted by Crippen LogP contribution is 2.39. The Balaban J connectivity index is 2.15. The molecule has 8 heteroatoms. The fourth-order valence-electron chi connectivity index (χ4n) is 3.14. The minimum absolute atomic E-state index is 0.161. The molecule has 2 aromatic rings. The molecule has 0 saturated carbocycles. The molecule has 0 radical (unpaired) electrons. The van der Waals surface area contributed by atoms with Crippen molar-refractivity contribution in [1.82, 2.24) is 4.98 Å². The molecule has 0 atom stereocenters. The van der Waals surface area contributed by atoms with Crippen LogP contribution in [0.25, 0.3) is 16.8 Å². The van der Waals surface area contributed by atoms with Crippen molar-refractivity contribution in [3.63, 3.8) is 0 Å². The number of ether oxygens (including phenoxy) is 2. The highest BCUT2D eigenvalue weighted by Gasteiger charge is 2.53. The summed E-state index contributed by atoms with van der Waals surface area (Å²) in [6, 6.07) is 3.42. The minimum atomic E-state index is -1.18. The molecule has 0 bridgehead atoms. The van der Waals surface area contributed by atoms with Crippen LogP contribution in [0.2, 0.25) is 0 Å². The van der Waals surface area contributed by atoms with E-state index < -0.39 is 29.6 Å². The van der Waals surface area contributed by atoms with E-state index in [1.807, 2.05) is 27.7 Å². The van der Waals surface area contributed by atoms with Gasteiger partial charge in [-0.05, 0) is 52.8 Å². The lowest BCUT2D eigenvalue weighted by Crippen LogP contribution is -2.41. The van der Waals surface area contributed by atoms with Gasteiger partial charge in [0.15, 0.2) is 11.5 Å². The van der Waals surface area contributed by atoms with E-state index in [0.29, 0.717) is 22.6 Å². The number of hydrogen-bond donors (Lipinski definition) is 1. The largest absolute Gasteiger partial charge is 0.525 e. The summed E-state index contributed by atoms with van der Waals surface area (Å²) in [5.41, 5.74) is -1.64. The van der Waals surface area contributed by atoms with Crippen molar-refractivity contribution in [3.8, 4) is 11.5 Å². The molecule has 1 aromatic carbocycles. The maximum absolute atomic E-state index is 15.0. The van der Waals surface area contributed by atoms with E-state index >= 15 is 4.39 Å². The molecule has 0 amide bonds. The average Bonchev–Trinajstić information content (AvgIpc) is 2.84. The third kappa shape index (κ3) is 3.31. The van der Waals surface area contributed by atoms with E-state index in [4.69, 9.17) is 18.8 Å². The number of benzene rings is 1. The molecule has 1 aromatic heterocycles. The molecule has 1 N–H and O–H groups in total. The summed E-state index contributed by atoms with van der Waals surface area (Å²) >= 11 is 0. The molecule has 0 spiro atoms. The van der Waals surface area contributed by atoms with Gasteiger partial charge in [-0.2, -0.15) is 0 Å². The van der Waals surface area contributed by atoms with Crippen LogP contribution in [-0.2, 0) is 9.31 Å². The van der Waals surface area contributed by atoms with Crippen LogP contribution >= 0.6 is 0 Å². The third-order valence-corrected chi connectivity index (χ3v) is 5.52. The minimum Gasteiger partial charge on any atom is -0.493 e. The summed E-state index contributed by atoms with van der Waals surface area (Å²) in [5, 5.41) is 1.27. The van der Waals surface area contributed by atoms with Crippen LogP contribution in [-0.4, -0.2) is 37.5 Å². The number of aromatic nitrogens is 1. The summed E-state index contributed by atoms with van der Waals surface area (Å²) < 4.78 is 37.2. The highest BCUT2D eigenvalue weighted by molar-refractivity contribution is 6.54. The Kier molecular flexibility index (Phi) is 5.06. The topological polar surface area (TPSA) is 69.8 Å². The van der Waals surface area contributed by atoms with Crippen LogP contribution in [0.4, 0.5) is 4.39 Å². The Morgan fingerprint density at radius 1 is 1.07 bits per heavy atom. The van der Waals surface area contributed by atoms with Crippen LogP contribution in [0.1, 0.15) is 39.0 Å². The second-order valence-electron chi connectivity index (χ2n) is 7.86. The third-order valence-electron chi connectivity index (χ3n) is 5.52. The maximum Gasteiger partial charge on any atom is 0.525 e. The Bertz CT molecular complexity index is 996. The number of aryl methyl sites for hydroxylation is 1. The molecular weight excluding hydrogens is 364 g/mol. The molecule has 2 heterocycles. The van der Waals surface area contributed by atoms with Crippen molar-refractivity contribution in [3.05, 3.63) is 39.5 Å². The summed E-state index contributed by atoms with van der Waals surface area (Å²) in [5.74, 6) is 0.970. The van der Waals surface area contributed by atoms with E-state index in [0.717, 1.165) is 11.5 Å². The van der Waals surface area contributed by atoms with Crippen LogP contribution in [0.3, 0.4) is 0 Å². The molecule has 1 fully saturated rings. The SMILES string of the molecule is COc1cc2c(C)[nH]c(=O)c(C=C(F)B3OC(C)(C)C(C)(C)O3)c2cc1OC. The molecule has 0 aliphatic carbocycles. The van der Waals surface area contributed by atoms with E-state index in [1.165, 1.54) is 14.2 Å². The second-order valence-corrected chi connectivity index (χ2v) is 7.86. The van der Waals surface area contributed by atoms with Gasteiger partial charge in [0, 0.05) is 22.0 Å². The lowest BCUT2D eigenvalue weighted by Gasteiger charge is -2.32. The molecular formula is C20H25BFNO5. The number of rotatable bonds is 4. The summed E-state index contributed by atoms with van der Waals surface area (Å²) in [7, 11) is 1.86. The number of aromatic amines is 1. The molecule has 1 aliphatic rings. The molecule has 1 aliphatic heterocycles. The van der Waals surface area contributed by atoms with Crippen molar-refractivity contribution < 1.29 is 23.2 Å². The first-order valence-corrected chi connectivity index (χ1v) is 9.02. The second kappa shape index (κ2) is 6.94. The number of methoxy groups -OCH3 is 2. The summed E-state index contributed by atoms with van der Waals surface area (Å²) in [6.07, 6.45) is 1.16. The average molecular weight is 389 g/mol. The van der Waals surface area contributed by atoms with Gasteiger partial charge >= 0.3 is 7.12 Å². The van der Waals surface area contributed by atoms with Crippen molar-refractivity contribution in [2.45, 2.75) is 45.8 Å². The van der Waals surface area contributed by atoms with Gasteiger partial charge < -0.3 is 23.8 Å². The first-order valence-electron chi connectivity index (χ1n) is 9.02. The van der Waals surface area contributed by atoms with Gasteiger partial charge in [0.1, 0.15) is 5.73 Å². The number of H-pyrrole nitrogens is 1. The lowest BCUT2D eigenvalue weighted by atomic mass is 9.86. The van der Waals surface area contributed by atoms with Gasteiger partial charge in [0.05, 0.1) is 25.4 Å². The Labute approximate surface area is 163 Å². The highest BCUT2D eigenvalue weighted by atomic mass is 19.1. The first kappa shape index (κ1) is 20.4. The fraction of sp³-hybridized carbons (Fsp3) is 0.450. The van der Waals surface area contributed by atoms with E-state index in [1.54, 1.807) is 19.1 Å². The number of halogens is 1. The zero-order valence-electron chi connectivity index (χ0n) is 17.2. The van der Waals surface area contributed by atoms with Gasteiger partial charge in [0.25, 0.3) is 5.56 Å². The molecule has 6 nitrogen and oxygen atoms in total. The zero-order valence-corrected chi connectivity index (χ0v) is 17.2. The van der Waals surface area contributed by atoms with Gasteiger partial charge in [-0.25, -0.2) is 4.39 Å². The maximum atomic E-state index is 15.0. The van der Waals surface area contributed by atoms with Gasteiger partial charge in [-0.3, -0.25) is 4.79 Å². The zero-order chi connectivity index (χ0) is 20.9. The predicted octanol–water partition coefficient (Wildman–Crippen LogP) is 3.80. The van der Waals surface area contributed by atoms with Crippen molar-refractivity contribution in [2.24, 2.45) is 0 Å². The lowest BCUT2D eigenvalue weighted by molar-refractivity contribution is 0.00578. The fourth-order valence-corrected chi connectivity index (χ4v) is 3.14. The van der Waals surface area contributed by atoms with Crippen LogP contribution in [0, 0.1) is 6.92 Å². The van der Waals surface area contributed by atoms with Crippen LogP contribution < -0.4 is 15.0 Å². The monoisotopic (exact) mass is 389 g/mol. The quantitative estimate of drug-likeness (QED) is 0.806. The van der Waals surface area contributed by atoms with Crippen molar-refractivity contribution in [2.75, 3.05) is 14.2 Å². The molecule has 0 unspecified atom stereocenters. The van der Waals surface area contributed by atoms with Crippen LogP contribution in [0.5, 0.6) is 11.5 Å². The standard InChI is InChI=1S/C20H25BFNO5/c1-11-12-8-15(25-6)16(26-7)9-13(12)14(18(24)23-11)10-17(22)21-27-19(2,3)20(4,5)28-21/h8-10H,1-7H3,(H,23,24). The normalized spacial score (nSPS) is 18.6. The molecule has 150 valence electrons. The van der Waals surface area contributed by atoms with E-state index in [9.17, 15) is 4.79 Å². The van der Waals surface area contributed by atoms with Crippen LogP contribution in [0.15, 0.2) is 22.7 Å². The van der Waals surface area contributed by atoms with Gasteiger partial charge in [-0.1, -0.05) is 0 Å². The van der Waals surface area contributed by atoms with Gasteiger partial charge in [0.2, 0.25) is 0 Å². The molecule has 28 heavy (non-hydrogen) atoms. The predicted molar refractivity (Wildman–Crippen MR) is 108 cm³/mol. The number of pyridine rings is 1. The number of fused-ring (bicyclic) bond motifs is 1. The number of hydrogen-bond acceptors (Lipinski definition) is 5. The Hall–Kier alpha value is -2.32. The van der Waals surface area contributed by atoms with E-state index in [-0.39, 0.29) is 5.56 Å². The number of nitrogens with one attached hydrogen (secondary N) is 1. The molecule has 1 saturated heterocycles.